The second kappa shape index (κ2) is 6.69. The number of likely N-dealkylation sites (N-methyl/N-ethyl adjacent to an activating group) is 1. The zero-order chi connectivity index (χ0) is 14.5. The fraction of sp³-hybridized carbons (Fsp3) is 0.333. The van der Waals surface area contributed by atoms with E-state index in [2.05, 4.69) is 74.3 Å². The van der Waals surface area contributed by atoms with Crippen molar-refractivity contribution < 1.29 is 0 Å². The summed E-state index contributed by atoms with van der Waals surface area (Å²) in [5.41, 5.74) is 10.2. The Morgan fingerprint density at radius 1 is 1.00 bits per heavy atom. The first-order chi connectivity index (χ1) is 9.58. The van der Waals surface area contributed by atoms with Crippen molar-refractivity contribution in [2.24, 2.45) is 5.73 Å². The van der Waals surface area contributed by atoms with Gasteiger partial charge in [-0.3, -0.25) is 4.90 Å². The van der Waals surface area contributed by atoms with E-state index in [1.807, 2.05) is 6.07 Å². The maximum atomic E-state index is 6.40. The summed E-state index contributed by atoms with van der Waals surface area (Å²) in [5, 5.41) is 0. The van der Waals surface area contributed by atoms with Crippen LogP contribution < -0.4 is 5.73 Å². The smallest absolute Gasteiger partial charge is 0.0450 e. The molecule has 0 radical (unpaired) electrons. The Balaban J connectivity index is 2.02. The molecular formula is C18H24N2. The maximum absolute atomic E-state index is 6.40. The van der Waals surface area contributed by atoms with Gasteiger partial charge in [-0.2, -0.15) is 0 Å². The molecule has 0 aliphatic rings. The van der Waals surface area contributed by atoms with Gasteiger partial charge in [-0.15, -0.1) is 0 Å². The fourth-order valence-electron chi connectivity index (χ4n) is 2.36. The van der Waals surface area contributed by atoms with E-state index in [1.54, 1.807) is 0 Å². The van der Waals surface area contributed by atoms with Gasteiger partial charge in [0.15, 0.2) is 0 Å². The third-order valence-electron chi connectivity index (χ3n) is 3.95. The summed E-state index contributed by atoms with van der Waals surface area (Å²) >= 11 is 0. The Kier molecular flexibility index (Phi) is 4.94. The average molecular weight is 268 g/mol. The highest BCUT2D eigenvalue weighted by atomic mass is 15.1. The first-order valence-corrected chi connectivity index (χ1v) is 7.14. The number of rotatable bonds is 5. The Morgan fingerprint density at radius 3 is 2.20 bits per heavy atom. The summed E-state index contributed by atoms with van der Waals surface area (Å²) in [5.74, 6) is 0. The molecule has 2 nitrogen and oxygen atoms in total. The molecule has 2 atom stereocenters. The summed E-state index contributed by atoms with van der Waals surface area (Å²) in [6.45, 7) is 5.20. The molecule has 0 aromatic heterocycles. The first-order valence-electron chi connectivity index (χ1n) is 7.14. The van der Waals surface area contributed by atoms with Crippen molar-refractivity contribution in [3.8, 4) is 0 Å². The van der Waals surface area contributed by atoms with Crippen LogP contribution in [0.2, 0.25) is 0 Å². The molecule has 2 rings (SSSR count). The largest absolute Gasteiger partial charge is 0.323 e. The number of nitrogens with two attached hydrogens (primary N) is 1. The highest BCUT2D eigenvalue weighted by Crippen LogP contribution is 2.19. The molecule has 0 aliphatic carbocycles. The zero-order valence-corrected chi connectivity index (χ0v) is 12.6. The lowest BCUT2D eigenvalue weighted by Crippen LogP contribution is -2.37. The van der Waals surface area contributed by atoms with Crippen LogP contribution in [0.5, 0.6) is 0 Å². The third kappa shape index (κ3) is 3.69. The van der Waals surface area contributed by atoms with Crippen molar-refractivity contribution in [3.05, 3.63) is 71.3 Å². The monoisotopic (exact) mass is 268 g/mol. The number of aryl methyl sites for hydroxylation is 1. The molecule has 2 aromatic carbocycles. The van der Waals surface area contributed by atoms with E-state index < -0.39 is 0 Å². The molecule has 0 saturated carbocycles. The molecule has 0 spiro atoms. The lowest BCUT2D eigenvalue weighted by atomic mass is 9.99. The van der Waals surface area contributed by atoms with Crippen LogP contribution in [0.4, 0.5) is 0 Å². The van der Waals surface area contributed by atoms with Crippen LogP contribution in [0, 0.1) is 6.92 Å². The van der Waals surface area contributed by atoms with Gasteiger partial charge in [-0.1, -0.05) is 60.2 Å². The standard InChI is InChI=1S/C18H24N2/c1-14-9-11-17(12-10-14)18(19)15(2)20(3)13-16-7-5-4-6-8-16/h4-12,15,18H,13,19H2,1-3H3. The predicted molar refractivity (Wildman–Crippen MR) is 85.5 cm³/mol. The SMILES string of the molecule is Cc1ccc(C(N)C(C)N(C)Cc2ccccc2)cc1. The second-order valence-corrected chi connectivity index (χ2v) is 5.58. The van der Waals surface area contributed by atoms with Gasteiger partial charge < -0.3 is 5.73 Å². The van der Waals surface area contributed by atoms with Crippen molar-refractivity contribution in [2.45, 2.75) is 32.5 Å². The van der Waals surface area contributed by atoms with E-state index in [1.165, 1.54) is 16.7 Å². The summed E-state index contributed by atoms with van der Waals surface area (Å²) in [6.07, 6.45) is 0. The van der Waals surface area contributed by atoms with Gasteiger partial charge in [0, 0.05) is 18.6 Å². The first kappa shape index (κ1) is 14.8. The Morgan fingerprint density at radius 2 is 1.60 bits per heavy atom. The van der Waals surface area contributed by atoms with Gasteiger partial charge in [0.2, 0.25) is 0 Å². The molecule has 20 heavy (non-hydrogen) atoms. The Bertz CT molecular complexity index is 519. The van der Waals surface area contributed by atoms with E-state index in [9.17, 15) is 0 Å². The Labute approximate surface area is 122 Å². The normalized spacial score (nSPS) is 14.2. The highest BCUT2D eigenvalue weighted by Gasteiger charge is 2.19. The molecule has 2 heteroatoms. The van der Waals surface area contributed by atoms with Crippen molar-refractivity contribution in [2.75, 3.05) is 7.05 Å². The number of hydrogen-bond acceptors (Lipinski definition) is 2. The van der Waals surface area contributed by atoms with Crippen LogP contribution >= 0.6 is 0 Å². The summed E-state index contributed by atoms with van der Waals surface area (Å²) < 4.78 is 0. The maximum Gasteiger partial charge on any atom is 0.0450 e. The van der Waals surface area contributed by atoms with Gasteiger partial charge in [-0.05, 0) is 32.0 Å². The highest BCUT2D eigenvalue weighted by molar-refractivity contribution is 5.25. The van der Waals surface area contributed by atoms with Crippen molar-refractivity contribution >= 4 is 0 Å². The number of benzene rings is 2. The van der Waals surface area contributed by atoms with Crippen LogP contribution in [0.25, 0.3) is 0 Å². The molecule has 0 fully saturated rings. The summed E-state index contributed by atoms with van der Waals surface area (Å²) in [4.78, 5) is 2.31. The van der Waals surface area contributed by atoms with E-state index in [4.69, 9.17) is 5.73 Å². The summed E-state index contributed by atoms with van der Waals surface area (Å²) in [7, 11) is 2.13. The van der Waals surface area contributed by atoms with Crippen LogP contribution in [0.3, 0.4) is 0 Å². The van der Waals surface area contributed by atoms with Gasteiger partial charge in [0.05, 0.1) is 0 Å². The van der Waals surface area contributed by atoms with Gasteiger partial charge in [0.1, 0.15) is 0 Å². The van der Waals surface area contributed by atoms with Gasteiger partial charge in [-0.25, -0.2) is 0 Å². The predicted octanol–water partition coefficient (Wildman–Crippen LogP) is 3.52. The van der Waals surface area contributed by atoms with E-state index in [0.29, 0.717) is 0 Å². The van der Waals surface area contributed by atoms with E-state index in [-0.39, 0.29) is 12.1 Å². The molecule has 0 bridgehead atoms. The van der Waals surface area contributed by atoms with Crippen molar-refractivity contribution in [1.29, 1.82) is 0 Å². The van der Waals surface area contributed by atoms with Crippen LogP contribution in [-0.4, -0.2) is 18.0 Å². The molecule has 2 unspecified atom stereocenters. The fourth-order valence-corrected chi connectivity index (χ4v) is 2.36. The zero-order valence-electron chi connectivity index (χ0n) is 12.6. The molecule has 0 amide bonds. The van der Waals surface area contributed by atoms with E-state index in [0.717, 1.165) is 6.54 Å². The van der Waals surface area contributed by atoms with Crippen LogP contribution in [-0.2, 0) is 6.54 Å². The minimum absolute atomic E-state index is 0.0318. The molecule has 106 valence electrons. The molecule has 0 heterocycles. The van der Waals surface area contributed by atoms with Crippen molar-refractivity contribution in [3.63, 3.8) is 0 Å². The molecule has 0 aliphatic heterocycles. The lowest BCUT2D eigenvalue weighted by Gasteiger charge is -2.30. The van der Waals surface area contributed by atoms with Crippen LogP contribution in [0.1, 0.15) is 29.7 Å². The van der Waals surface area contributed by atoms with Gasteiger partial charge >= 0.3 is 0 Å². The van der Waals surface area contributed by atoms with Crippen molar-refractivity contribution in [1.82, 2.24) is 4.90 Å². The summed E-state index contributed by atoms with van der Waals surface area (Å²) in [6, 6.07) is 19.3. The second-order valence-electron chi connectivity index (χ2n) is 5.58. The third-order valence-corrected chi connectivity index (χ3v) is 3.95. The molecule has 2 N–H and O–H groups in total. The topological polar surface area (TPSA) is 29.3 Å². The van der Waals surface area contributed by atoms with Gasteiger partial charge in [0.25, 0.3) is 0 Å². The molecule has 2 aromatic rings. The quantitative estimate of drug-likeness (QED) is 0.899. The minimum Gasteiger partial charge on any atom is -0.323 e. The van der Waals surface area contributed by atoms with E-state index >= 15 is 0 Å². The Hall–Kier alpha value is -1.64. The minimum atomic E-state index is 0.0318. The lowest BCUT2D eigenvalue weighted by molar-refractivity contribution is 0.219. The average Bonchev–Trinajstić information content (AvgIpc) is 2.47. The molecule has 0 saturated heterocycles. The van der Waals surface area contributed by atoms with Crippen LogP contribution in [0.15, 0.2) is 54.6 Å². The number of hydrogen-bond donors (Lipinski definition) is 1. The number of nitrogens with zero attached hydrogens (tertiary/aromatic N) is 1. The molecular weight excluding hydrogens is 244 g/mol.